The maximum atomic E-state index is 12.7. The van der Waals surface area contributed by atoms with Crippen LogP contribution in [0.1, 0.15) is 17.3 Å². The Bertz CT molecular complexity index is 1190. The van der Waals surface area contributed by atoms with Gasteiger partial charge < -0.3 is 14.1 Å². The average Bonchev–Trinajstić information content (AvgIpc) is 3.23. The molecule has 4 rings (SSSR count). The lowest BCUT2D eigenvalue weighted by Crippen LogP contribution is -2.16. The van der Waals surface area contributed by atoms with Crippen molar-refractivity contribution in [2.75, 3.05) is 0 Å². The Morgan fingerprint density at radius 2 is 1.96 bits per heavy atom. The number of imidazole rings is 1. The van der Waals surface area contributed by atoms with Gasteiger partial charge in [0.2, 0.25) is 5.82 Å². The number of pyridine rings is 1. The van der Waals surface area contributed by atoms with Gasteiger partial charge in [-0.15, -0.1) is 0 Å². The van der Waals surface area contributed by atoms with Crippen LogP contribution in [-0.2, 0) is 19.6 Å². The lowest BCUT2D eigenvalue weighted by molar-refractivity contribution is -0.159. The molecule has 0 atom stereocenters. The number of benzene rings is 1. The maximum Gasteiger partial charge on any atom is 0.471 e. The largest absolute Gasteiger partial charge is 0.471 e. The summed E-state index contributed by atoms with van der Waals surface area (Å²) in [5.74, 6) is -1.19. The minimum absolute atomic E-state index is 0.0899. The summed E-state index contributed by atoms with van der Waals surface area (Å²) < 4.78 is 44.3. The van der Waals surface area contributed by atoms with Crippen molar-refractivity contribution >= 4 is 11.0 Å². The highest BCUT2D eigenvalue weighted by atomic mass is 19.4. The van der Waals surface area contributed by atoms with Gasteiger partial charge in [-0.25, -0.2) is 4.98 Å². The molecule has 10 heteroatoms. The number of nitrogens with zero attached hydrogens (tertiary/aromatic N) is 4. The number of para-hydroxylation sites is 2. The molecule has 1 N–H and O–H groups in total. The molecule has 4 aromatic rings. The zero-order valence-corrected chi connectivity index (χ0v) is 13.9. The summed E-state index contributed by atoms with van der Waals surface area (Å²) in [5, 5.41) is 3.38. The van der Waals surface area contributed by atoms with Crippen molar-refractivity contribution in [1.29, 1.82) is 0 Å². The number of aryl methyl sites for hydroxylation is 1. The highest BCUT2D eigenvalue weighted by molar-refractivity contribution is 5.76. The molecule has 0 saturated carbocycles. The third-order valence-electron chi connectivity index (χ3n) is 4.19. The normalized spacial score (nSPS) is 12.0. The lowest BCUT2D eigenvalue weighted by Gasteiger charge is -2.06. The fourth-order valence-corrected chi connectivity index (χ4v) is 2.86. The number of hydrogen-bond acceptors (Lipinski definition) is 5. The Kier molecular flexibility index (Phi) is 3.83. The topological polar surface area (TPSA) is 89.6 Å². The molecule has 1 aromatic carbocycles. The van der Waals surface area contributed by atoms with Crippen molar-refractivity contribution in [1.82, 2.24) is 24.7 Å². The fourth-order valence-electron chi connectivity index (χ4n) is 2.86. The van der Waals surface area contributed by atoms with E-state index < -0.39 is 17.6 Å². The van der Waals surface area contributed by atoms with Gasteiger partial charge in [0.1, 0.15) is 5.82 Å². The predicted molar refractivity (Wildman–Crippen MR) is 88.9 cm³/mol. The third kappa shape index (κ3) is 2.98. The second kappa shape index (κ2) is 6.08. The van der Waals surface area contributed by atoms with Crippen molar-refractivity contribution in [2.24, 2.45) is 7.05 Å². The summed E-state index contributed by atoms with van der Waals surface area (Å²) in [6.07, 6.45) is -3.35. The molecule has 138 valence electrons. The van der Waals surface area contributed by atoms with Gasteiger partial charge in [-0.1, -0.05) is 17.3 Å². The van der Waals surface area contributed by atoms with Crippen molar-refractivity contribution in [2.45, 2.75) is 12.6 Å². The minimum Gasteiger partial charge on any atom is -0.331 e. The number of nitrogens with one attached hydrogen (secondary N) is 1. The molecule has 0 unspecified atom stereocenters. The van der Waals surface area contributed by atoms with Crippen molar-refractivity contribution in [3.8, 4) is 11.4 Å². The van der Waals surface area contributed by atoms with E-state index in [0.29, 0.717) is 5.82 Å². The van der Waals surface area contributed by atoms with Gasteiger partial charge >= 0.3 is 12.1 Å². The summed E-state index contributed by atoms with van der Waals surface area (Å²) in [5.41, 5.74) is 1.52. The molecule has 0 bridgehead atoms. The maximum absolute atomic E-state index is 12.7. The third-order valence-corrected chi connectivity index (χ3v) is 4.19. The second-order valence-electron chi connectivity index (χ2n) is 5.87. The molecule has 0 spiro atoms. The first kappa shape index (κ1) is 17.0. The van der Waals surface area contributed by atoms with E-state index in [2.05, 4.69) is 24.6 Å². The number of aromatic nitrogens is 5. The van der Waals surface area contributed by atoms with Gasteiger partial charge in [0.05, 0.1) is 11.0 Å². The molecule has 0 fully saturated rings. The van der Waals surface area contributed by atoms with E-state index in [0.717, 1.165) is 11.0 Å². The molecule has 0 amide bonds. The summed E-state index contributed by atoms with van der Waals surface area (Å²) in [6.45, 7) is 0. The number of fused-ring (bicyclic) bond motifs is 1. The second-order valence-corrected chi connectivity index (χ2v) is 5.87. The fraction of sp³-hybridized carbons (Fsp3) is 0.176. The van der Waals surface area contributed by atoms with Crippen LogP contribution in [0, 0.1) is 0 Å². The Morgan fingerprint density at radius 3 is 2.67 bits per heavy atom. The van der Waals surface area contributed by atoms with Crippen LogP contribution < -0.4 is 5.56 Å². The number of halogens is 3. The number of rotatable bonds is 3. The van der Waals surface area contributed by atoms with E-state index >= 15 is 0 Å². The molecule has 0 aliphatic carbocycles. The van der Waals surface area contributed by atoms with Crippen LogP contribution in [0.2, 0.25) is 0 Å². The molecule has 7 nitrogen and oxygen atoms in total. The molecule has 3 heterocycles. The molecule has 0 saturated heterocycles. The molecule has 3 aromatic heterocycles. The van der Waals surface area contributed by atoms with Gasteiger partial charge in [0.25, 0.3) is 5.56 Å². The predicted octanol–water partition coefficient (Wildman–Crippen LogP) is 2.92. The first-order chi connectivity index (χ1) is 12.8. The van der Waals surface area contributed by atoms with Gasteiger partial charge in [0.15, 0.2) is 0 Å². The van der Waals surface area contributed by atoms with Crippen molar-refractivity contribution in [3.63, 3.8) is 0 Å². The number of hydrogen-bond donors (Lipinski definition) is 1. The van der Waals surface area contributed by atoms with E-state index in [1.807, 2.05) is 28.8 Å². The van der Waals surface area contributed by atoms with Crippen molar-refractivity contribution in [3.05, 3.63) is 64.2 Å². The van der Waals surface area contributed by atoms with Gasteiger partial charge in [0, 0.05) is 30.8 Å². The van der Waals surface area contributed by atoms with Crippen LogP contribution in [0.25, 0.3) is 22.4 Å². The summed E-state index contributed by atoms with van der Waals surface area (Å²) in [6, 6.07) is 8.87. The van der Waals surface area contributed by atoms with Gasteiger partial charge in [-0.3, -0.25) is 4.79 Å². The first-order valence-electron chi connectivity index (χ1n) is 7.87. The van der Waals surface area contributed by atoms with Crippen LogP contribution >= 0.6 is 0 Å². The molecular weight excluding hydrogens is 363 g/mol. The van der Waals surface area contributed by atoms with Crippen LogP contribution in [-0.4, -0.2) is 24.7 Å². The number of aromatic amines is 1. The zero-order chi connectivity index (χ0) is 19.2. The molecule has 0 aliphatic heterocycles. The van der Waals surface area contributed by atoms with Gasteiger partial charge in [-0.2, -0.15) is 18.2 Å². The monoisotopic (exact) mass is 375 g/mol. The standard InChI is InChI=1S/C17H12F3N5O2/c1-25-12-5-3-2-4-11(12)22-13(25)8-10-9(6-7-21-15(10)26)14-23-16(27-24-14)17(18,19)20/h2-7H,8H2,1H3,(H,21,26). The Morgan fingerprint density at radius 1 is 1.19 bits per heavy atom. The highest BCUT2D eigenvalue weighted by Gasteiger charge is 2.38. The van der Waals surface area contributed by atoms with E-state index in [-0.39, 0.29) is 23.4 Å². The SMILES string of the molecule is Cn1c(Cc2c(-c3noc(C(F)(F)F)n3)cc[nH]c2=O)nc2ccccc21. The quantitative estimate of drug-likeness (QED) is 0.595. The van der Waals surface area contributed by atoms with Crippen LogP contribution in [0.15, 0.2) is 45.8 Å². The summed E-state index contributed by atoms with van der Waals surface area (Å²) in [7, 11) is 1.80. The van der Waals surface area contributed by atoms with Crippen LogP contribution in [0.3, 0.4) is 0 Å². The van der Waals surface area contributed by atoms with Gasteiger partial charge in [-0.05, 0) is 18.2 Å². The summed E-state index contributed by atoms with van der Waals surface area (Å²) >= 11 is 0. The van der Waals surface area contributed by atoms with Crippen molar-refractivity contribution < 1.29 is 17.7 Å². The Labute approximate surface area is 149 Å². The number of alkyl halides is 3. The smallest absolute Gasteiger partial charge is 0.331 e. The van der Waals surface area contributed by atoms with E-state index in [1.165, 1.54) is 12.3 Å². The minimum atomic E-state index is -4.76. The molecular formula is C17H12F3N5O2. The highest BCUT2D eigenvalue weighted by Crippen LogP contribution is 2.30. The lowest BCUT2D eigenvalue weighted by atomic mass is 10.1. The zero-order valence-electron chi connectivity index (χ0n) is 13.9. The average molecular weight is 375 g/mol. The first-order valence-corrected chi connectivity index (χ1v) is 7.87. The molecule has 0 aliphatic rings. The molecule has 0 radical (unpaired) electrons. The number of H-pyrrole nitrogens is 1. The van der Waals surface area contributed by atoms with Crippen LogP contribution in [0.5, 0.6) is 0 Å². The van der Waals surface area contributed by atoms with Crippen LogP contribution in [0.4, 0.5) is 13.2 Å². The Hall–Kier alpha value is -3.43. The van der Waals surface area contributed by atoms with E-state index in [9.17, 15) is 18.0 Å². The molecule has 27 heavy (non-hydrogen) atoms. The Balaban J connectivity index is 1.80. The summed E-state index contributed by atoms with van der Waals surface area (Å²) in [4.78, 5) is 22.7. The van der Waals surface area contributed by atoms with E-state index in [4.69, 9.17) is 0 Å². The van der Waals surface area contributed by atoms with E-state index in [1.54, 1.807) is 7.05 Å².